The van der Waals surface area contributed by atoms with Gasteiger partial charge in [-0.3, -0.25) is 0 Å². The molecule has 0 aliphatic heterocycles. The molecule has 0 saturated carbocycles. The molecule has 0 bridgehead atoms. The third-order valence-electron chi connectivity index (χ3n) is 3.26. The van der Waals surface area contributed by atoms with Crippen LogP contribution in [0.4, 0.5) is 0 Å². The first-order chi connectivity index (χ1) is 9.72. The van der Waals surface area contributed by atoms with Gasteiger partial charge in [0.25, 0.3) is 0 Å². The molecule has 0 amide bonds. The van der Waals surface area contributed by atoms with Gasteiger partial charge in [-0.15, -0.1) is 10.2 Å². The van der Waals surface area contributed by atoms with Crippen LogP contribution in [-0.4, -0.2) is 27.9 Å². The quantitative estimate of drug-likeness (QED) is 0.895. The Bertz CT molecular complexity index is 636. The van der Waals surface area contributed by atoms with Gasteiger partial charge in [0.2, 0.25) is 11.8 Å². The topological polar surface area (TPSA) is 85.5 Å². The second-order valence-corrected chi connectivity index (χ2v) is 4.72. The van der Waals surface area contributed by atoms with Crippen molar-refractivity contribution >= 4 is 5.97 Å². The van der Waals surface area contributed by atoms with Crippen molar-refractivity contribution in [3.05, 3.63) is 35.2 Å². The second kappa shape index (κ2) is 5.42. The molecule has 0 saturated heterocycles. The minimum Gasteiger partial charge on any atom is -0.480 e. The zero-order valence-corrected chi connectivity index (χ0v) is 10.8. The summed E-state index contributed by atoms with van der Waals surface area (Å²) in [5.74, 6) is -0.307. The summed E-state index contributed by atoms with van der Waals surface area (Å²) in [6.45, 7) is -0.374. The first kappa shape index (κ1) is 12.8. The smallest absolute Gasteiger partial charge is 0.329 e. The monoisotopic (exact) mass is 274 g/mol. The summed E-state index contributed by atoms with van der Waals surface area (Å²) in [7, 11) is 0. The molecule has 104 valence electrons. The summed E-state index contributed by atoms with van der Waals surface area (Å²) < 4.78 is 10.4. The Morgan fingerprint density at radius 3 is 3.00 bits per heavy atom. The maximum absolute atomic E-state index is 10.3. The Morgan fingerprint density at radius 2 is 2.15 bits per heavy atom. The molecule has 1 aromatic heterocycles. The van der Waals surface area contributed by atoms with E-state index in [0.717, 1.165) is 18.4 Å². The van der Waals surface area contributed by atoms with Gasteiger partial charge >= 0.3 is 5.97 Å². The Labute approximate surface area is 115 Å². The summed E-state index contributed by atoms with van der Waals surface area (Å²) in [5, 5.41) is 16.3. The Morgan fingerprint density at radius 1 is 1.30 bits per heavy atom. The van der Waals surface area contributed by atoms with E-state index >= 15 is 0 Å². The van der Waals surface area contributed by atoms with Crippen molar-refractivity contribution in [3.63, 3.8) is 0 Å². The van der Waals surface area contributed by atoms with E-state index in [1.165, 1.54) is 17.5 Å². The van der Waals surface area contributed by atoms with E-state index in [1.54, 1.807) is 0 Å². The van der Waals surface area contributed by atoms with Gasteiger partial charge in [0.15, 0.2) is 0 Å². The Kier molecular flexibility index (Phi) is 3.47. The molecule has 3 rings (SSSR count). The van der Waals surface area contributed by atoms with Crippen LogP contribution in [0, 0.1) is 0 Å². The molecule has 1 N–H and O–H groups in total. The molecule has 2 aromatic rings. The fraction of sp³-hybridized carbons (Fsp3) is 0.357. The highest BCUT2D eigenvalue weighted by Gasteiger charge is 2.14. The zero-order chi connectivity index (χ0) is 13.9. The molecule has 6 nitrogen and oxygen atoms in total. The van der Waals surface area contributed by atoms with Crippen LogP contribution in [0.3, 0.4) is 0 Å². The highest BCUT2D eigenvalue weighted by Crippen LogP contribution is 2.27. The minimum absolute atomic E-state index is 0.00421. The summed E-state index contributed by atoms with van der Waals surface area (Å²) in [5.41, 5.74) is 3.62. The lowest BCUT2D eigenvalue weighted by Gasteiger charge is -2.00. The lowest BCUT2D eigenvalue weighted by atomic mass is 10.1. The fourth-order valence-electron chi connectivity index (χ4n) is 2.36. The third-order valence-corrected chi connectivity index (χ3v) is 3.26. The van der Waals surface area contributed by atoms with Crippen molar-refractivity contribution in [1.29, 1.82) is 0 Å². The Balaban J connectivity index is 1.71. The molecule has 1 heterocycles. The number of fused-ring (bicyclic) bond motifs is 1. The number of aryl methyl sites for hydroxylation is 2. The molecule has 0 spiro atoms. The first-order valence-corrected chi connectivity index (χ1v) is 6.46. The highest BCUT2D eigenvalue weighted by atomic mass is 16.5. The van der Waals surface area contributed by atoms with E-state index < -0.39 is 5.97 Å². The lowest BCUT2D eigenvalue weighted by Crippen LogP contribution is -2.06. The van der Waals surface area contributed by atoms with Crippen LogP contribution in [0.5, 0.6) is 0 Å². The highest BCUT2D eigenvalue weighted by molar-refractivity contribution is 5.67. The van der Waals surface area contributed by atoms with Gasteiger partial charge in [0, 0.05) is 5.56 Å². The number of ether oxygens (including phenoxy) is 1. The van der Waals surface area contributed by atoms with Gasteiger partial charge in [0.1, 0.15) is 13.2 Å². The summed E-state index contributed by atoms with van der Waals surface area (Å²) in [4.78, 5) is 10.3. The van der Waals surface area contributed by atoms with Crippen LogP contribution in [0.2, 0.25) is 0 Å². The summed E-state index contributed by atoms with van der Waals surface area (Å²) in [6, 6.07) is 6.15. The van der Waals surface area contributed by atoms with Crippen LogP contribution in [0.15, 0.2) is 22.6 Å². The van der Waals surface area contributed by atoms with Crippen molar-refractivity contribution < 1.29 is 19.1 Å². The van der Waals surface area contributed by atoms with Crippen molar-refractivity contribution in [2.75, 3.05) is 6.61 Å². The second-order valence-electron chi connectivity index (χ2n) is 4.72. The predicted molar refractivity (Wildman–Crippen MR) is 69.1 cm³/mol. The van der Waals surface area contributed by atoms with Crippen molar-refractivity contribution in [3.8, 4) is 11.5 Å². The van der Waals surface area contributed by atoms with Gasteiger partial charge in [-0.2, -0.15) is 0 Å². The van der Waals surface area contributed by atoms with E-state index in [9.17, 15) is 4.79 Å². The number of aromatic nitrogens is 2. The van der Waals surface area contributed by atoms with Crippen LogP contribution < -0.4 is 0 Å². The van der Waals surface area contributed by atoms with E-state index in [1.807, 2.05) is 6.07 Å². The fourth-order valence-corrected chi connectivity index (χ4v) is 2.36. The third kappa shape index (κ3) is 2.70. The maximum atomic E-state index is 10.3. The van der Waals surface area contributed by atoms with Crippen molar-refractivity contribution in [1.82, 2.24) is 10.2 Å². The molecule has 1 aliphatic carbocycles. The van der Waals surface area contributed by atoms with Gasteiger partial charge in [-0.25, -0.2) is 4.79 Å². The standard InChI is InChI=1S/C14H14N2O4/c17-13(18)8-19-7-12-15-16-14(20-12)11-5-4-9-2-1-3-10(9)6-11/h4-6H,1-3,7-8H2,(H,17,18). The van der Waals surface area contributed by atoms with E-state index in [4.69, 9.17) is 14.3 Å². The lowest BCUT2D eigenvalue weighted by molar-refractivity contribution is -0.142. The van der Waals surface area contributed by atoms with Gasteiger partial charge in [-0.1, -0.05) is 6.07 Å². The number of benzene rings is 1. The van der Waals surface area contributed by atoms with Gasteiger partial charge in [-0.05, 0) is 42.5 Å². The Hall–Kier alpha value is -2.21. The number of rotatable bonds is 5. The minimum atomic E-state index is -1.02. The molecule has 0 unspecified atom stereocenters. The number of hydrogen-bond acceptors (Lipinski definition) is 5. The number of carboxylic acids is 1. The average Bonchev–Trinajstić information content (AvgIpc) is 3.05. The predicted octanol–water partition coefficient (Wildman–Crippen LogP) is 1.83. The number of hydrogen-bond donors (Lipinski definition) is 1. The SMILES string of the molecule is O=C(O)COCc1nnc(-c2ccc3c(c2)CCC3)o1. The van der Waals surface area contributed by atoms with Gasteiger partial charge < -0.3 is 14.3 Å². The van der Waals surface area contributed by atoms with E-state index in [-0.39, 0.29) is 19.1 Å². The van der Waals surface area contributed by atoms with E-state index in [2.05, 4.69) is 22.3 Å². The van der Waals surface area contributed by atoms with Crippen LogP contribution in [0.25, 0.3) is 11.5 Å². The molecule has 0 radical (unpaired) electrons. The molecule has 1 aromatic carbocycles. The number of carbonyl (C=O) groups is 1. The van der Waals surface area contributed by atoms with Crippen molar-refractivity contribution in [2.24, 2.45) is 0 Å². The molecule has 1 aliphatic rings. The number of carboxylic acid groups (broad SMARTS) is 1. The molecule has 6 heteroatoms. The number of aliphatic carboxylic acids is 1. The molecule has 20 heavy (non-hydrogen) atoms. The molecular weight excluding hydrogens is 260 g/mol. The number of nitrogens with zero attached hydrogens (tertiary/aromatic N) is 2. The largest absolute Gasteiger partial charge is 0.480 e. The average molecular weight is 274 g/mol. The molecule has 0 fully saturated rings. The van der Waals surface area contributed by atoms with Crippen LogP contribution in [-0.2, 0) is 29.0 Å². The van der Waals surface area contributed by atoms with Crippen molar-refractivity contribution in [2.45, 2.75) is 25.9 Å². The van der Waals surface area contributed by atoms with Crippen LogP contribution in [0.1, 0.15) is 23.4 Å². The first-order valence-electron chi connectivity index (χ1n) is 6.46. The molecular formula is C14H14N2O4. The normalized spacial score (nSPS) is 13.4. The summed E-state index contributed by atoms with van der Waals surface area (Å²) >= 11 is 0. The summed E-state index contributed by atoms with van der Waals surface area (Å²) in [6.07, 6.45) is 3.41. The van der Waals surface area contributed by atoms with Gasteiger partial charge in [0.05, 0.1) is 0 Å². The molecule has 0 atom stereocenters. The maximum Gasteiger partial charge on any atom is 0.329 e. The van der Waals surface area contributed by atoms with E-state index in [0.29, 0.717) is 5.89 Å². The van der Waals surface area contributed by atoms with Crippen LogP contribution >= 0.6 is 0 Å². The zero-order valence-electron chi connectivity index (χ0n) is 10.8.